The lowest BCUT2D eigenvalue weighted by Gasteiger charge is -2.15. The molecular formula is C18H21ClF3N3O2S. The zero-order chi connectivity index (χ0) is 20.6. The van der Waals surface area contributed by atoms with Crippen LogP contribution in [0, 0.1) is 0 Å². The molecule has 1 atom stereocenters. The first-order chi connectivity index (χ1) is 13.3. The van der Waals surface area contributed by atoms with Crippen LogP contribution in [0.25, 0.3) is 0 Å². The second-order valence-corrected chi connectivity index (χ2v) is 7.49. The fourth-order valence-electron chi connectivity index (χ4n) is 2.24. The number of guanidine groups is 1. The van der Waals surface area contributed by atoms with Crippen molar-refractivity contribution in [1.82, 2.24) is 10.6 Å². The van der Waals surface area contributed by atoms with Gasteiger partial charge in [-0.25, -0.2) is 4.99 Å². The summed E-state index contributed by atoms with van der Waals surface area (Å²) in [6.45, 7) is 1.42. The molecule has 1 aromatic carbocycles. The van der Waals surface area contributed by atoms with Gasteiger partial charge in [0.1, 0.15) is 11.9 Å². The summed E-state index contributed by atoms with van der Waals surface area (Å²) in [7, 11) is 0. The number of hydrogen-bond donors (Lipinski definition) is 3. The van der Waals surface area contributed by atoms with E-state index < -0.39 is 18.9 Å². The predicted octanol–water partition coefficient (Wildman–Crippen LogP) is 4.13. The predicted molar refractivity (Wildman–Crippen MR) is 105 cm³/mol. The molecule has 0 bridgehead atoms. The van der Waals surface area contributed by atoms with Crippen molar-refractivity contribution < 1.29 is 23.0 Å². The van der Waals surface area contributed by atoms with Crippen LogP contribution in [-0.2, 0) is 6.54 Å². The zero-order valence-corrected chi connectivity index (χ0v) is 16.7. The Balaban J connectivity index is 2.00. The Hall–Kier alpha value is -1.97. The standard InChI is InChI=1S/C18H21ClF3N3O2S/c1-2-23-17(25-10-13(26)15-7-8-16(19)28-15)24-9-12-5-3-4-6-14(12)27-11-18(20,21)22/h3-8,13,26H,2,9-11H2,1H3,(H2,23,24,25). The molecule has 1 heterocycles. The lowest BCUT2D eigenvalue weighted by molar-refractivity contribution is -0.153. The Morgan fingerprint density at radius 3 is 2.64 bits per heavy atom. The Kier molecular flexibility index (Phi) is 8.40. The van der Waals surface area contributed by atoms with E-state index in [1.165, 1.54) is 17.4 Å². The summed E-state index contributed by atoms with van der Waals surface area (Å²) in [5.74, 6) is 0.558. The van der Waals surface area contributed by atoms with Crippen LogP contribution < -0.4 is 15.4 Å². The smallest absolute Gasteiger partial charge is 0.422 e. The first-order valence-corrected chi connectivity index (χ1v) is 9.71. The third kappa shape index (κ3) is 7.57. The highest BCUT2D eigenvalue weighted by Gasteiger charge is 2.28. The molecular weight excluding hydrogens is 415 g/mol. The molecule has 0 spiro atoms. The second kappa shape index (κ2) is 10.5. The van der Waals surface area contributed by atoms with Crippen molar-refractivity contribution in [3.05, 3.63) is 51.2 Å². The van der Waals surface area contributed by atoms with Crippen LogP contribution >= 0.6 is 22.9 Å². The van der Waals surface area contributed by atoms with Gasteiger partial charge < -0.3 is 20.5 Å². The molecule has 5 nitrogen and oxygen atoms in total. The van der Waals surface area contributed by atoms with Gasteiger partial charge in [0.15, 0.2) is 12.6 Å². The van der Waals surface area contributed by atoms with Gasteiger partial charge in [-0.2, -0.15) is 13.2 Å². The molecule has 0 amide bonds. The van der Waals surface area contributed by atoms with Gasteiger partial charge >= 0.3 is 6.18 Å². The van der Waals surface area contributed by atoms with Gasteiger partial charge in [0.25, 0.3) is 0 Å². The SMILES string of the molecule is CCNC(=NCc1ccccc1OCC(F)(F)F)NCC(O)c1ccc(Cl)s1. The van der Waals surface area contributed by atoms with Crippen LogP contribution in [0.5, 0.6) is 5.75 Å². The summed E-state index contributed by atoms with van der Waals surface area (Å²) in [6, 6.07) is 9.89. The third-order valence-electron chi connectivity index (χ3n) is 3.50. The van der Waals surface area contributed by atoms with Crippen molar-refractivity contribution in [2.45, 2.75) is 25.7 Å². The summed E-state index contributed by atoms with van der Waals surface area (Å²) in [5, 5.41) is 16.2. The quantitative estimate of drug-likeness (QED) is 0.431. The first kappa shape index (κ1) is 22.3. The largest absolute Gasteiger partial charge is 0.484 e. The highest BCUT2D eigenvalue weighted by molar-refractivity contribution is 7.16. The Morgan fingerprint density at radius 2 is 2.00 bits per heavy atom. The number of aliphatic imine (C=N–C) groups is 1. The third-order valence-corrected chi connectivity index (χ3v) is 4.83. The molecule has 2 rings (SSSR count). The maximum Gasteiger partial charge on any atom is 0.422 e. The van der Waals surface area contributed by atoms with Crippen molar-refractivity contribution in [3.8, 4) is 5.75 Å². The van der Waals surface area contributed by atoms with E-state index in [0.717, 1.165) is 4.88 Å². The highest BCUT2D eigenvalue weighted by atomic mass is 35.5. The number of aliphatic hydroxyl groups excluding tert-OH is 1. The van der Waals surface area contributed by atoms with Crippen LogP contribution in [0.4, 0.5) is 13.2 Å². The minimum Gasteiger partial charge on any atom is -0.484 e. The van der Waals surface area contributed by atoms with Crippen molar-refractivity contribution >= 4 is 28.9 Å². The van der Waals surface area contributed by atoms with E-state index >= 15 is 0 Å². The second-order valence-electron chi connectivity index (χ2n) is 5.75. The lowest BCUT2D eigenvalue weighted by Crippen LogP contribution is -2.39. The molecule has 0 aliphatic rings. The molecule has 0 fully saturated rings. The maximum atomic E-state index is 12.4. The summed E-state index contributed by atoms with van der Waals surface area (Å²) in [6.07, 6.45) is -5.17. The van der Waals surface area contributed by atoms with Crippen LogP contribution in [-0.4, -0.2) is 36.9 Å². The number of alkyl halides is 3. The number of rotatable bonds is 8. The molecule has 154 valence electrons. The topological polar surface area (TPSA) is 65.9 Å². The van der Waals surface area contributed by atoms with Gasteiger partial charge in [-0.15, -0.1) is 11.3 Å². The average Bonchev–Trinajstić information content (AvgIpc) is 3.08. The van der Waals surface area contributed by atoms with Gasteiger partial charge in [-0.1, -0.05) is 29.8 Å². The number of nitrogens with zero attached hydrogens (tertiary/aromatic N) is 1. The fourth-order valence-corrected chi connectivity index (χ4v) is 3.29. The lowest BCUT2D eigenvalue weighted by atomic mass is 10.2. The van der Waals surface area contributed by atoms with Crippen LogP contribution in [0.15, 0.2) is 41.4 Å². The molecule has 2 aromatic rings. The number of hydrogen-bond acceptors (Lipinski definition) is 4. The van der Waals surface area contributed by atoms with Gasteiger partial charge in [0.05, 0.1) is 10.9 Å². The van der Waals surface area contributed by atoms with Crippen LogP contribution in [0.3, 0.4) is 0 Å². The number of thiophene rings is 1. The monoisotopic (exact) mass is 435 g/mol. The minimum absolute atomic E-state index is 0.115. The Bertz CT molecular complexity index is 783. The molecule has 0 aliphatic heterocycles. The van der Waals surface area contributed by atoms with Crippen LogP contribution in [0.2, 0.25) is 4.34 Å². The number of halogens is 4. The number of para-hydroxylation sites is 1. The zero-order valence-electron chi connectivity index (χ0n) is 15.1. The van der Waals surface area contributed by atoms with E-state index in [1.54, 1.807) is 30.3 Å². The van der Waals surface area contributed by atoms with E-state index in [0.29, 0.717) is 22.4 Å². The van der Waals surface area contributed by atoms with E-state index in [1.807, 2.05) is 6.92 Å². The van der Waals surface area contributed by atoms with Crippen molar-refractivity contribution in [2.24, 2.45) is 4.99 Å². The number of aliphatic hydroxyl groups is 1. The summed E-state index contributed by atoms with van der Waals surface area (Å²) >= 11 is 7.16. The Morgan fingerprint density at radius 1 is 1.25 bits per heavy atom. The van der Waals surface area contributed by atoms with Crippen molar-refractivity contribution in [2.75, 3.05) is 19.7 Å². The molecule has 28 heavy (non-hydrogen) atoms. The minimum atomic E-state index is -4.41. The number of ether oxygens (including phenoxy) is 1. The normalized spacial score (nSPS) is 13.3. The first-order valence-electron chi connectivity index (χ1n) is 8.51. The molecule has 0 aliphatic carbocycles. The highest BCUT2D eigenvalue weighted by Crippen LogP contribution is 2.26. The van der Waals surface area contributed by atoms with Gasteiger partial charge in [-0.05, 0) is 25.1 Å². The van der Waals surface area contributed by atoms with Crippen molar-refractivity contribution in [1.29, 1.82) is 0 Å². The number of benzene rings is 1. The molecule has 1 aromatic heterocycles. The van der Waals surface area contributed by atoms with E-state index in [9.17, 15) is 18.3 Å². The average molecular weight is 436 g/mol. The van der Waals surface area contributed by atoms with Crippen LogP contribution in [0.1, 0.15) is 23.5 Å². The molecule has 0 saturated carbocycles. The van der Waals surface area contributed by atoms with Crippen molar-refractivity contribution in [3.63, 3.8) is 0 Å². The van der Waals surface area contributed by atoms with Gasteiger partial charge in [-0.3, -0.25) is 0 Å². The summed E-state index contributed by atoms with van der Waals surface area (Å²) in [4.78, 5) is 5.08. The summed E-state index contributed by atoms with van der Waals surface area (Å²) in [5.41, 5.74) is 0.523. The molecule has 1 unspecified atom stereocenters. The number of nitrogens with one attached hydrogen (secondary N) is 2. The molecule has 0 radical (unpaired) electrons. The van der Waals surface area contributed by atoms with Gasteiger partial charge in [0.2, 0.25) is 0 Å². The van der Waals surface area contributed by atoms with Gasteiger partial charge in [0, 0.05) is 23.5 Å². The Labute approximate surface area is 170 Å². The fraction of sp³-hybridized carbons (Fsp3) is 0.389. The molecule has 3 N–H and O–H groups in total. The molecule has 10 heteroatoms. The maximum absolute atomic E-state index is 12.4. The van der Waals surface area contributed by atoms with E-state index in [2.05, 4.69) is 15.6 Å². The van der Waals surface area contributed by atoms with E-state index in [4.69, 9.17) is 16.3 Å². The van der Waals surface area contributed by atoms with E-state index in [-0.39, 0.29) is 18.8 Å². The molecule has 0 saturated heterocycles. The summed E-state index contributed by atoms with van der Waals surface area (Å²) < 4.78 is 42.7.